The molecule has 5 nitrogen and oxygen atoms in total. The second-order valence-electron chi connectivity index (χ2n) is 4.89. The predicted molar refractivity (Wildman–Crippen MR) is 62.3 cm³/mol. The fourth-order valence-electron chi connectivity index (χ4n) is 2.42. The molecule has 0 heterocycles. The summed E-state index contributed by atoms with van der Waals surface area (Å²) in [5, 5.41) is 20.8. The summed E-state index contributed by atoms with van der Waals surface area (Å²) >= 11 is 0. The van der Waals surface area contributed by atoms with Crippen LogP contribution in [0, 0.1) is 17.8 Å². The molecule has 98 valence electrons. The Morgan fingerprint density at radius 3 is 2.41 bits per heavy atom. The first-order valence-corrected chi connectivity index (χ1v) is 6.14. The number of nitrogens with one attached hydrogen (secondary N) is 1. The van der Waals surface area contributed by atoms with Crippen molar-refractivity contribution in [1.29, 1.82) is 0 Å². The largest absolute Gasteiger partial charge is 0.481 e. The molecular weight excluding hydrogens is 222 g/mol. The number of carbonyl (C=O) groups is 2. The lowest BCUT2D eigenvalue weighted by Crippen LogP contribution is -2.38. The van der Waals surface area contributed by atoms with Crippen molar-refractivity contribution in [3.8, 4) is 0 Å². The van der Waals surface area contributed by atoms with Crippen LogP contribution < -0.4 is 5.32 Å². The molecule has 1 aliphatic carbocycles. The van der Waals surface area contributed by atoms with Gasteiger partial charge in [0.15, 0.2) is 0 Å². The molecule has 1 aliphatic rings. The topological polar surface area (TPSA) is 86.6 Å². The minimum absolute atomic E-state index is 0.179. The van der Waals surface area contributed by atoms with Gasteiger partial charge >= 0.3 is 5.97 Å². The third-order valence-electron chi connectivity index (χ3n) is 3.46. The van der Waals surface area contributed by atoms with Gasteiger partial charge in [-0.15, -0.1) is 0 Å². The van der Waals surface area contributed by atoms with Crippen molar-refractivity contribution in [3.05, 3.63) is 0 Å². The van der Waals surface area contributed by atoms with E-state index in [0.717, 1.165) is 6.42 Å². The summed E-state index contributed by atoms with van der Waals surface area (Å²) in [5.74, 6) is -1.84. The van der Waals surface area contributed by atoms with Gasteiger partial charge in [0.05, 0.1) is 17.9 Å². The molecule has 5 heteroatoms. The lowest BCUT2D eigenvalue weighted by Gasteiger charge is -2.16. The zero-order valence-electron chi connectivity index (χ0n) is 10.3. The average molecular weight is 243 g/mol. The maximum Gasteiger partial charge on any atom is 0.307 e. The lowest BCUT2D eigenvalue weighted by molar-refractivity contribution is -0.146. The van der Waals surface area contributed by atoms with Crippen LogP contribution in [-0.4, -0.2) is 34.7 Å². The van der Waals surface area contributed by atoms with E-state index in [-0.39, 0.29) is 12.5 Å². The van der Waals surface area contributed by atoms with Gasteiger partial charge in [-0.2, -0.15) is 0 Å². The fourth-order valence-corrected chi connectivity index (χ4v) is 2.42. The van der Waals surface area contributed by atoms with Crippen LogP contribution in [0.4, 0.5) is 0 Å². The lowest BCUT2D eigenvalue weighted by atomic mass is 9.95. The highest BCUT2D eigenvalue weighted by Crippen LogP contribution is 2.38. The minimum atomic E-state index is -0.891. The molecule has 0 saturated heterocycles. The highest BCUT2D eigenvalue weighted by Gasteiger charge is 2.41. The molecular formula is C12H21NO4. The molecule has 1 unspecified atom stereocenters. The van der Waals surface area contributed by atoms with Gasteiger partial charge in [0.2, 0.25) is 5.91 Å². The van der Waals surface area contributed by atoms with Crippen LogP contribution in [0.3, 0.4) is 0 Å². The van der Waals surface area contributed by atoms with Crippen molar-refractivity contribution >= 4 is 11.9 Å². The molecule has 1 rings (SSSR count). The number of aliphatic hydroxyl groups is 1. The minimum Gasteiger partial charge on any atom is -0.481 e. The normalized spacial score (nSPS) is 29.9. The van der Waals surface area contributed by atoms with Gasteiger partial charge in [0, 0.05) is 6.54 Å². The number of carbonyl (C=O) groups excluding carboxylic acids is 1. The number of aliphatic carboxylic acids is 1. The average Bonchev–Trinajstić information content (AvgIpc) is 2.69. The van der Waals surface area contributed by atoms with Gasteiger partial charge in [0.25, 0.3) is 0 Å². The molecule has 0 aliphatic heterocycles. The zero-order chi connectivity index (χ0) is 13.0. The quantitative estimate of drug-likeness (QED) is 0.660. The van der Waals surface area contributed by atoms with E-state index in [2.05, 4.69) is 5.32 Å². The zero-order valence-corrected chi connectivity index (χ0v) is 10.3. The summed E-state index contributed by atoms with van der Waals surface area (Å²) in [6, 6.07) is 0. The summed E-state index contributed by atoms with van der Waals surface area (Å²) in [7, 11) is 0. The van der Waals surface area contributed by atoms with Gasteiger partial charge in [-0.05, 0) is 25.7 Å². The molecule has 1 amide bonds. The van der Waals surface area contributed by atoms with Gasteiger partial charge in [0.1, 0.15) is 0 Å². The van der Waals surface area contributed by atoms with Crippen molar-refractivity contribution in [2.75, 3.05) is 6.54 Å². The molecule has 4 atom stereocenters. The number of hydrogen-bond donors (Lipinski definition) is 3. The fraction of sp³-hybridized carbons (Fsp3) is 0.833. The van der Waals surface area contributed by atoms with E-state index >= 15 is 0 Å². The molecule has 0 spiro atoms. The molecule has 0 radical (unpaired) electrons. The highest BCUT2D eigenvalue weighted by molar-refractivity contribution is 5.85. The number of carboxylic acids is 1. The predicted octanol–water partition coefficient (Wildman–Crippen LogP) is 0.620. The Morgan fingerprint density at radius 2 is 1.94 bits per heavy atom. The van der Waals surface area contributed by atoms with E-state index in [1.165, 1.54) is 0 Å². The Hall–Kier alpha value is -1.10. The van der Waals surface area contributed by atoms with E-state index in [0.29, 0.717) is 18.8 Å². The first kappa shape index (κ1) is 14.0. The maximum atomic E-state index is 11.8. The highest BCUT2D eigenvalue weighted by atomic mass is 16.4. The number of amides is 1. The molecule has 0 aromatic carbocycles. The van der Waals surface area contributed by atoms with Gasteiger partial charge in [-0.1, -0.05) is 13.3 Å². The SMILES string of the molecule is CCC1C[C@H](C(=O)NC[C@H](C)O)[C@H](C(=O)O)C1. The summed E-state index contributed by atoms with van der Waals surface area (Å²) in [6.07, 6.45) is 1.52. The van der Waals surface area contributed by atoms with Crippen molar-refractivity contribution in [3.63, 3.8) is 0 Å². The van der Waals surface area contributed by atoms with E-state index in [1.54, 1.807) is 6.92 Å². The van der Waals surface area contributed by atoms with Crippen LogP contribution in [0.5, 0.6) is 0 Å². The van der Waals surface area contributed by atoms with Crippen LogP contribution in [0.1, 0.15) is 33.1 Å². The van der Waals surface area contributed by atoms with E-state index in [1.807, 2.05) is 6.92 Å². The van der Waals surface area contributed by atoms with Crippen molar-refractivity contribution in [2.24, 2.45) is 17.8 Å². The first-order chi connectivity index (χ1) is 7.95. The van der Waals surface area contributed by atoms with E-state index in [9.17, 15) is 9.59 Å². The molecule has 3 N–H and O–H groups in total. The number of carboxylic acid groups (broad SMARTS) is 1. The second kappa shape index (κ2) is 6.00. The standard InChI is InChI=1S/C12H21NO4/c1-3-8-4-9(10(5-8)12(16)17)11(15)13-6-7(2)14/h7-10,14H,3-6H2,1-2H3,(H,13,15)(H,16,17)/t7-,8?,9-,10+/m0/s1. The van der Waals surface area contributed by atoms with Crippen LogP contribution in [0.15, 0.2) is 0 Å². The Morgan fingerprint density at radius 1 is 1.35 bits per heavy atom. The van der Waals surface area contributed by atoms with E-state index < -0.39 is 23.9 Å². The van der Waals surface area contributed by atoms with Crippen molar-refractivity contribution in [1.82, 2.24) is 5.32 Å². The Labute approximate surface area is 101 Å². The maximum absolute atomic E-state index is 11.8. The van der Waals surface area contributed by atoms with E-state index in [4.69, 9.17) is 10.2 Å². The van der Waals surface area contributed by atoms with Crippen LogP contribution in [0.25, 0.3) is 0 Å². The first-order valence-electron chi connectivity index (χ1n) is 6.14. The van der Waals surface area contributed by atoms with Crippen molar-refractivity contribution < 1.29 is 19.8 Å². The van der Waals surface area contributed by atoms with Gasteiger partial charge in [-0.25, -0.2) is 0 Å². The Bertz CT molecular complexity index is 290. The van der Waals surface area contributed by atoms with Crippen LogP contribution in [-0.2, 0) is 9.59 Å². The molecule has 17 heavy (non-hydrogen) atoms. The van der Waals surface area contributed by atoms with Gasteiger partial charge in [-0.3, -0.25) is 9.59 Å². The molecule has 0 bridgehead atoms. The second-order valence-corrected chi connectivity index (χ2v) is 4.89. The molecule has 1 saturated carbocycles. The third-order valence-corrected chi connectivity index (χ3v) is 3.46. The van der Waals surface area contributed by atoms with Crippen molar-refractivity contribution in [2.45, 2.75) is 39.2 Å². The molecule has 0 aromatic rings. The van der Waals surface area contributed by atoms with Crippen LogP contribution in [0.2, 0.25) is 0 Å². The summed E-state index contributed by atoms with van der Waals surface area (Å²) in [5.41, 5.74) is 0. The summed E-state index contributed by atoms with van der Waals surface area (Å²) < 4.78 is 0. The number of aliphatic hydroxyl groups excluding tert-OH is 1. The molecule has 1 fully saturated rings. The van der Waals surface area contributed by atoms with Crippen LogP contribution >= 0.6 is 0 Å². The Balaban J connectivity index is 2.60. The number of hydrogen-bond acceptors (Lipinski definition) is 3. The Kier molecular flexibility index (Phi) is 4.93. The summed E-state index contributed by atoms with van der Waals surface area (Å²) in [4.78, 5) is 22.9. The number of rotatable bonds is 5. The smallest absolute Gasteiger partial charge is 0.307 e. The molecule has 0 aromatic heterocycles. The van der Waals surface area contributed by atoms with Gasteiger partial charge < -0.3 is 15.5 Å². The third kappa shape index (κ3) is 3.70. The summed E-state index contributed by atoms with van der Waals surface area (Å²) in [6.45, 7) is 3.77. The monoisotopic (exact) mass is 243 g/mol.